The maximum Gasteiger partial charge on any atom is 0.290 e. The summed E-state index contributed by atoms with van der Waals surface area (Å²) in [4.78, 5) is 25.9. The zero-order chi connectivity index (χ0) is 23.9. The molecule has 0 spiro atoms. The molecule has 3 heterocycles. The molecule has 9 heteroatoms. The molecule has 0 saturated carbocycles. The van der Waals surface area contributed by atoms with Crippen LogP contribution in [0, 0.1) is 0 Å². The Hall–Kier alpha value is -4.14. The lowest BCUT2D eigenvalue weighted by molar-refractivity contribution is -0.119. The third-order valence-corrected chi connectivity index (χ3v) is 7.03. The first-order valence-corrected chi connectivity index (χ1v) is 11.9. The van der Waals surface area contributed by atoms with Crippen LogP contribution in [0.1, 0.15) is 30.0 Å². The summed E-state index contributed by atoms with van der Waals surface area (Å²) in [5.41, 5.74) is 10.3. The SMILES string of the molecule is Nc1n[nH]c(=O)c2c1c(-c1ccc(OC3Cc4ccccc4C3)cc1)nn2C1CCCN(C=O)C1. The van der Waals surface area contributed by atoms with E-state index in [9.17, 15) is 9.59 Å². The number of aromatic amines is 1. The van der Waals surface area contributed by atoms with Crippen molar-refractivity contribution in [1.82, 2.24) is 24.9 Å². The van der Waals surface area contributed by atoms with Crippen LogP contribution in [-0.4, -0.2) is 50.5 Å². The zero-order valence-corrected chi connectivity index (χ0v) is 19.2. The number of likely N-dealkylation sites (tertiary alicyclic amines) is 1. The molecule has 178 valence electrons. The molecule has 4 aromatic rings. The van der Waals surface area contributed by atoms with Gasteiger partial charge >= 0.3 is 0 Å². The second-order valence-corrected chi connectivity index (χ2v) is 9.29. The Morgan fingerprint density at radius 3 is 2.54 bits per heavy atom. The fourth-order valence-corrected chi connectivity index (χ4v) is 5.35. The van der Waals surface area contributed by atoms with Crippen LogP contribution in [-0.2, 0) is 17.6 Å². The standard InChI is InChI=1S/C26H26N6O3/c27-25-22-23(30-32(24(22)26(34)29-28-25)19-6-3-11-31(14-19)15-33)16-7-9-20(10-8-16)35-21-12-17-4-1-2-5-18(17)13-21/h1-2,4-5,7-10,15,19,21H,3,6,11-14H2,(H2,27,28)(H,29,34). The molecule has 0 radical (unpaired) electrons. The van der Waals surface area contributed by atoms with Crippen LogP contribution >= 0.6 is 0 Å². The minimum atomic E-state index is -0.350. The number of nitrogens with zero attached hydrogens (tertiary/aromatic N) is 4. The maximum atomic E-state index is 12.8. The summed E-state index contributed by atoms with van der Waals surface area (Å²) in [5, 5.41) is 11.8. The van der Waals surface area contributed by atoms with E-state index in [1.54, 1.807) is 9.58 Å². The van der Waals surface area contributed by atoms with Crippen molar-refractivity contribution in [1.29, 1.82) is 0 Å². The first kappa shape index (κ1) is 21.4. The number of hydrogen-bond donors (Lipinski definition) is 2. The van der Waals surface area contributed by atoms with Gasteiger partial charge in [-0.3, -0.25) is 14.3 Å². The van der Waals surface area contributed by atoms with Gasteiger partial charge in [-0.05, 0) is 48.2 Å². The second kappa shape index (κ2) is 8.57. The number of fused-ring (bicyclic) bond motifs is 2. The van der Waals surface area contributed by atoms with Crippen LogP contribution in [0.2, 0.25) is 0 Å². The number of ether oxygens (including phenoxy) is 1. The van der Waals surface area contributed by atoms with E-state index in [1.165, 1.54) is 11.1 Å². The van der Waals surface area contributed by atoms with Gasteiger partial charge < -0.3 is 15.4 Å². The summed E-state index contributed by atoms with van der Waals surface area (Å²) in [6.07, 6.45) is 4.42. The van der Waals surface area contributed by atoms with Crippen LogP contribution < -0.4 is 16.0 Å². The number of anilines is 1. The number of nitrogens with two attached hydrogens (primary N) is 1. The zero-order valence-electron chi connectivity index (χ0n) is 19.2. The molecular weight excluding hydrogens is 444 g/mol. The number of nitrogen functional groups attached to an aromatic ring is 1. The van der Waals surface area contributed by atoms with Gasteiger partial charge in [0.05, 0.1) is 11.4 Å². The van der Waals surface area contributed by atoms with Crippen molar-refractivity contribution in [3.63, 3.8) is 0 Å². The van der Waals surface area contributed by atoms with Gasteiger partial charge in [-0.2, -0.15) is 10.2 Å². The van der Waals surface area contributed by atoms with Crippen LogP contribution in [0.4, 0.5) is 5.82 Å². The van der Waals surface area contributed by atoms with Crippen molar-refractivity contribution in [3.8, 4) is 17.0 Å². The van der Waals surface area contributed by atoms with E-state index in [2.05, 4.69) is 34.5 Å². The average Bonchev–Trinajstić information content (AvgIpc) is 3.49. The molecule has 1 atom stereocenters. The van der Waals surface area contributed by atoms with Gasteiger partial charge in [-0.15, -0.1) is 0 Å². The number of rotatable bonds is 5. The van der Waals surface area contributed by atoms with Gasteiger partial charge in [0.2, 0.25) is 6.41 Å². The predicted octanol–water partition coefficient (Wildman–Crippen LogP) is 2.71. The average molecular weight is 471 g/mol. The molecule has 9 nitrogen and oxygen atoms in total. The lowest BCUT2D eigenvalue weighted by Crippen LogP contribution is -2.36. The van der Waals surface area contributed by atoms with E-state index in [-0.39, 0.29) is 23.5 Å². The third-order valence-electron chi connectivity index (χ3n) is 7.03. The minimum Gasteiger partial charge on any atom is -0.490 e. The molecular formula is C26H26N6O3. The summed E-state index contributed by atoms with van der Waals surface area (Å²) in [5.74, 6) is 1.00. The predicted molar refractivity (Wildman–Crippen MR) is 132 cm³/mol. The Morgan fingerprint density at radius 2 is 1.83 bits per heavy atom. The van der Waals surface area contributed by atoms with Crippen LogP contribution in [0.15, 0.2) is 53.3 Å². The fraction of sp³-hybridized carbons (Fsp3) is 0.308. The molecule has 1 aliphatic heterocycles. The highest BCUT2D eigenvalue weighted by atomic mass is 16.5. The number of nitrogens with one attached hydrogen (secondary N) is 1. The summed E-state index contributed by atoms with van der Waals surface area (Å²) in [6, 6.07) is 16.0. The minimum absolute atomic E-state index is 0.111. The van der Waals surface area contributed by atoms with Crippen LogP contribution in [0.5, 0.6) is 5.75 Å². The van der Waals surface area contributed by atoms with E-state index < -0.39 is 0 Å². The van der Waals surface area contributed by atoms with Gasteiger partial charge in [0.15, 0.2) is 5.82 Å². The number of H-pyrrole nitrogens is 1. The van der Waals surface area contributed by atoms with Crippen molar-refractivity contribution in [2.24, 2.45) is 0 Å². The van der Waals surface area contributed by atoms with E-state index in [0.717, 1.165) is 43.4 Å². The van der Waals surface area contributed by atoms with Crippen molar-refractivity contribution in [2.75, 3.05) is 18.8 Å². The first-order valence-electron chi connectivity index (χ1n) is 11.9. The fourth-order valence-electron chi connectivity index (χ4n) is 5.35. The Kier molecular flexibility index (Phi) is 5.24. The highest BCUT2D eigenvalue weighted by Crippen LogP contribution is 2.34. The molecule has 1 aliphatic carbocycles. The molecule has 0 bridgehead atoms. The highest BCUT2D eigenvalue weighted by Gasteiger charge is 2.27. The quantitative estimate of drug-likeness (QED) is 0.433. The van der Waals surface area contributed by atoms with E-state index >= 15 is 0 Å². The summed E-state index contributed by atoms with van der Waals surface area (Å²) in [6.45, 7) is 1.21. The van der Waals surface area contributed by atoms with Gasteiger partial charge in [0, 0.05) is 31.5 Å². The topological polar surface area (TPSA) is 119 Å². The van der Waals surface area contributed by atoms with Crippen LogP contribution in [0.25, 0.3) is 22.2 Å². The summed E-state index contributed by atoms with van der Waals surface area (Å²) >= 11 is 0. The van der Waals surface area contributed by atoms with E-state index in [0.29, 0.717) is 29.7 Å². The van der Waals surface area contributed by atoms with E-state index in [4.69, 9.17) is 15.6 Å². The third kappa shape index (κ3) is 3.82. The van der Waals surface area contributed by atoms with Crippen molar-refractivity contribution >= 4 is 23.1 Å². The molecule has 2 aromatic carbocycles. The number of hydrogen-bond acceptors (Lipinski definition) is 6. The van der Waals surface area contributed by atoms with Crippen molar-refractivity contribution < 1.29 is 9.53 Å². The summed E-state index contributed by atoms with van der Waals surface area (Å²) in [7, 11) is 0. The molecule has 2 aromatic heterocycles. The Balaban J connectivity index is 1.32. The molecule has 1 fully saturated rings. The molecule has 1 saturated heterocycles. The maximum absolute atomic E-state index is 12.8. The molecule has 35 heavy (non-hydrogen) atoms. The number of piperidine rings is 1. The number of carbonyl (C=O) groups excluding carboxylic acids is 1. The number of benzene rings is 2. The Bertz CT molecular complexity index is 1430. The number of carbonyl (C=O) groups is 1. The first-order chi connectivity index (χ1) is 17.1. The van der Waals surface area contributed by atoms with Crippen molar-refractivity contribution in [2.45, 2.75) is 37.8 Å². The summed E-state index contributed by atoms with van der Waals surface area (Å²) < 4.78 is 7.97. The van der Waals surface area contributed by atoms with Gasteiger partial charge in [0.1, 0.15) is 23.1 Å². The van der Waals surface area contributed by atoms with Gasteiger partial charge in [-0.1, -0.05) is 24.3 Å². The smallest absolute Gasteiger partial charge is 0.290 e. The lowest BCUT2D eigenvalue weighted by atomic mass is 10.1. The Labute approximate surface area is 201 Å². The normalized spacial score (nSPS) is 18.1. The number of aromatic nitrogens is 4. The van der Waals surface area contributed by atoms with E-state index in [1.807, 2.05) is 24.3 Å². The molecule has 1 unspecified atom stereocenters. The second-order valence-electron chi connectivity index (χ2n) is 9.29. The molecule has 6 rings (SSSR count). The lowest BCUT2D eigenvalue weighted by Gasteiger charge is -2.30. The van der Waals surface area contributed by atoms with Crippen LogP contribution in [0.3, 0.4) is 0 Å². The number of amides is 1. The van der Waals surface area contributed by atoms with Crippen molar-refractivity contribution in [3.05, 3.63) is 70.0 Å². The molecule has 1 amide bonds. The van der Waals surface area contributed by atoms with Gasteiger partial charge in [0.25, 0.3) is 5.56 Å². The molecule has 2 aliphatic rings. The molecule has 3 N–H and O–H groups in total. The monoisotopic (exact) mass is 470 g/mol. The van der Waals surface area contributed by atoms with Gasteiger partial charge in [-0.25, -0.2) is 5.10 Å². The Morgan fingerprint density at radius 1 is 1.09 bits per heavy atom. The highest BCUT2D eigenvalue weighted by molar-refractivity contribution is 5.99. The largest absolute Gasteiger partial charge is 0.490 e.